The van der Waals surface area contributed by atoms with E-state index in [4.69, 9.17) is 32.7 Å². The van der Waals surface area contributed by atoms with E-state index in [-0.39, 0.29) is 28.0 Å². The fourth-order valence-electron chi connectivity index (χ4n) is 2.81. The van der Waals surface area contributed by atoms with Gasteiger partial charge in [0.15, 0.2) is 18.1 Å². The Balaban J connectivity index is 1.72. The molecular weight excluding hydrogens is 507 g/mol. The van der Waals surface area contributed by atoms with Gasteiger partial charge in [-0.2, -0.15) is 0 Å². The van der Waals surface area contributed by atoms with Gasteiger partial charge in [-0.05, 0) is 59.8 Å². The predicted octanol–water partition coefficient (Wildman–Crippen LogP) is 4.23. The molecule has 12 heteroatoms. The maximum Gasteiger partial charge on any atom is 0.325 e. The Hall–Kier alpha value is -3.21. The minimum Gasteiger partial charge on any atom is -0.493 e. The molecule has 1 saturated heterocycles. The summed E-state index contributed by atoms with van der Waals surface area (Å²) in [6, 6.07) is 9.60. The molecule has 0 atom stereocenters. The van der Waals surface area contributed by atoms with Crippen LogP contribution < -0.4 is 14.8 Å². The van der Waals surface area contributed by atoms with E-state index in [1.165, 1.54) is 25.3 Å². The van der Waals surface area contributed by atoms with Crippen LogP contribution in [0.1, 0.15) is 5.56 Å². The summed E-state index contributed by atoms with van der Waals surface area (Å²) >= 11 is 12.8. The molecule has 3 rings (SSSR count). The SMILES string of the molecule is COC(=O)CN1C(=O)S/C(=C\c2cc(Cl)c(OCC(=O)Nc3ccc(Cl)cc3)c(OC)c2)C1=O. The van der Waals surface area contributed by atoms with Crippen LogP contribution in [-0.4, -0.2) is 55.3 Å². The van der Waals surface area contributed by atoms with Crippen molar-refractivity contribution in [3.63, 3.8) is 0 Å². The van der Waals surface area contributed by atoms with Gasteiger partial charge in [-0.1, -0.05) is 23.2 Å². The third-order valence-electron chi connectivity index (χ3n) is 4.41. The summed E-state index contributed by atoms with van der Waals surface area (Å²) in [5.74, 6) is -1.42. The number of carbonyl (C=O) groups is 4. The smallest absolute Gasteiger partial charge is 0.325 e. The van der Waals surface area contributed by atoms with E-state index in [1.807, 2.05) is 0 Å². The zero-order valence-corrected chi connectivity index (χ0v) is 20.3. The highest BCUT2D eigenvalue weighted by Gasteiger charge is 2.36. The quantitative estimate of drug-likeness (QED) is 0.403. The van der Waals surface area contributed by atoms with Crippen LogP contribution in [0.3, 0.4) is 0 Å². The van der Waals surface area contributed by atoms with E-state index in [9.17, 15) is 19.2 Å². The molecule has 2 aromatic rings. The first-order valence-electron chi connectivity index (χ1n) is 9.59. The Morgan fingerprint density at radius 2 is 1.82 bits per heavy atom. The Bertz CT molecular complexity index is 1170. The molecule has 34 heavy (non-hydrogen) atoms. The molecule has 0 aromatic heterocycles. The van der Waals surface area contributed by atoms with Crippen molar-refractivity contribution in [1.82, 2.24) is 4.90 Å². The summed E-state index contributed by atoms with van der Waals surface area (Å²) < 4.78 is 15.4. The van der Waals surface area contributed by atoms with E-state index in [1.54, 1.807) is 24.3 Å². The number of amides is 3. The van der Waals surface area contributed by atoms with Crippen molar-refractivity contribution in [1.29, 1.82) is 0 Å². The highest BCUT2D eigenvalue weighted by molar-refractivity contribution is 8.18. The van der Waals surface area contributed by atoms with Crippen molar-refractivity contribution in [3.8, 4) is 11.5 Å². The van der Waals surface area contributed by atoms with Crippen molar-refractivity contribution in [2.45, 2.75) is 0 Å². The molecule has 178 valence electrons. The minimum absolute atomic E-state index is 0.100. The first kappa shape index (κ1) is 25.4. The number of hydrogen-bond donors (Lipinski definition) is 1. The number of hydrogen-bond acceptors (Lipinski definition) is 8. The van der Waals surface area contributed by atoms with Crippen molar-refractivity contribution in [2.75, 3.05) is 32.7 Å². The molecule has 1 N–H and O–H groups in total. The summed E-state index contributed by atoms with van der Waals surface area (Å²) in [5, 5.41) is 2.73. The lowest BCUT2D eigenvalue weighted by molar-refractivity contribution is -0.143. The molecule has 1 heterocycles. The zero-order valence-electron chi connectivity index (χ0n) is 17.9. The van der Waals surface area contributed by atoms with Gasteiger partial charge < -0.3 is 19.5 Å². The normalized spacial score (nSPS) is 14.4. The lowest BCUT2D eigenvalue weighted by Crippen LogP contribution is -2.34. The van der Waals surface area contributed by atoms with Gasteiger partial charge in [-0.25, -0.2) is 0 Å². The number of anilines is 1. The number of carbonyl (C=O) groups excluding carboxylic acids is 4. The summed E-state index contributed by atoms with van der Waals surface area (Å²) in [7, 11) is 2.55. The van der Waals surface area contributed by atoms with Gasteiger partial charge in [-0.15, -0.1) is 0 Å². The van der Waals surface area contributed by atoms with Crippen LogP contribution in [0.25, 0.3) is 6.08 Å². The largest absolute Gasteiger partial charge is 0.493 e. The molecule has 0 saturated carbocycles. The zero-order chi connectivity index (χ0) is 24.8. The number of halogens is 2. The average Bonchev–Trinajstić information content (AvgIpc) is 3.06. The number of benzene rings is 2. The second-order valence-corrected chi connectivity index (χ2v) is 8.56. The van der Waals surface area contributed by atoms with E-state index < -0.39 is 29.6 Å². The monoisotopic (exact) mass is 524 g/mol. The van der Waals surface area contributed by atoms with Gasteiger partial charge in [0.25, 0.3) is 17.1 Å². The maximum atomic E-state index is 12.5. The molecule has 1 aliphatic rings. The van der Waals surface area contributed by atoms with Gasteiger partial charge in [0.2, 0.25) is 0 Å². The molecule has 0 bridgehead atoms. The first-order valence-corrected chi connectivity index (χ1v) is 11.2. The third-order valence-corrected chi connectivity index (χ3v) is 5.85. The Morgan fingerprint density at radius 3 is 2.47 bits per heavy atom. The standard InChI is InChI=1S/C22H18Cl2N2O7S/c1-31-16-8-12(9-17-21(29)26(22(30)34-17)10-19(28)32-2)7-15(24)20(16)33-11-18(27)25-14-5-3-13(23)4-6-14/h3-9H,10-11H2,1-2H3,(H,25,27)/b17-9-. The van der Waals surface area contributed by atoms with Gasteiger partial charge in [0, 0.05) is 10.7 Å². The molecule has 1 aliphatic heterocycles. The molecule has 2 aromatic carbocycles. The highest BCUT2D eigenvalue weighted by atomic mass is 35.5. The van der Waals surface area contributed by atoms with Crippen LogP contribution in [0.4, 0.5) is 10.5 Å². The first-order chi connectivity index (χ1) is 16.2. The predicted molar refractivity (Wildman–Crippen MR) is 128 cm³/mol. The fourth-order valence-corrected chi connectivity index (χ4v) is 4.05. The number of nitrogens with zero attached hydrogens (tertiary/aromatic N) is 1. The van der Waals surface area contributed by atoms with Gasteiger partial charge in [0.1, 0.15) is 6.54 Å². The topological polar surface area (TPSA) is 111 Å². The molecule has 1 fully saturated rings. The van der Waals surface area contributed by atoms with E-state index in [0.717, 1.165) is 12.0 Å². The van der Waals surface area contributed by atoms with Gasteiger partial charge in [-0.3, -0.25) is 24.1 Å². The second kappa shape index (κ2) is 11.3. The highest BCUT2D eigenvalue weighted by Crippen LogP contribution is 2.39. The second-order valence-electron chi connectivity index (χ2n) is 6.72. The number of thioether (sulfide) groups is 1. The van der Waals surface area contributed by atoms with Crippen molar-refractivity contribution >= 4 is 69.8 Å². The number of ether oxygens (including phenoxy) is 3. The molecule has 9 nitrogen and oxygen atoms in total. The number of imide groups is 1. The van der Waals surface area contributed by atoms with Crippen LogP contribution in [0, 0.1) is 0 Å². The Morgan fingerprint density at radius 1 is 1.12 bits per heavy atom. The van der Waals surface area contributed by atoms with Crippen molar-refractivity contribution < 1.29 is 33.4 Å². The fraction of sp³-hybridized carbons (Fsp3) is 0.182. The average molecular weight is 525 g/mol. The molecule has 0 spiro atoms. The van der Waals surface area contributed by atoms with Crippen LogP contribution in [0.2, 0.25) is 10.0 Å². The van der Waals surface area contributed by atoms with Crippen LogP contribution in [0.5, 0.6) is 11.5 Å². The van der Waals surface area contributed by atoms with Crippen LogP contribution in [0.15, 0.2) is 41.3 Å². The van der Waals surface area contributed by atoms with E-state index >= 15 is 0 Å². The summed E-state index contributed by atoms with van der Waals surface area (Å²) in [4.78, 5) is 49.1. The number of rotatable bonds is 8. The molecular formula is C22H18Cl2N2O7S. The van der Waals surface area contributed by atoms with Gasteiger partial charge in [0.05, 0.1) is 24.1 Å². The minimum atomic E-state index is -0.713. The summed E-state index contributed by atoms with van der Waals surface area (Å²) in [6.07, 6.45) is 1.44. The molecule has 0 unspecified atom stereocenters. The van der Waals surface area contributed by atoms with Gasteiger partial charge >= 0.3 is 5.97 Å². The Labute approximate surface area is 208 Å². The molecule has 0 radical (unpaired) electrons. The lowest BCUT2D eigenvalue weighted by Gasteiger charge is -2.13. The van der Waals surface area contributed by atoms with Crippen molar-refractivity contribution in [3.05, 3.63) is 56.9 Å². The van der Waals surface area contributed by atoms with E-state index in [2.05, 4.69) is 10.1 Å². The number of nitrogens with one attached hydrogen (secondary N) is 1. The van der Waals surface area contributed by atoms with Crippen molar-refractivity contribution in [2.24, 2.45) is 0 Å². The summed E-state index contributed by atoms with van der Waals surface area (Å²) in [5.41, 5.74) is 0.996. The molecule has 3 amide bonds. The molecule has 0 aliphatic carbocycles. The van der Waals surface area contributed by atoms with E-state index in [0.29, 0.717) is 28.0 Å². The third kappa shape index (κ3) is 6.22. The van der Waals surface area contributed by atoms with Crippen LogP contribution >= 0.6 is 35.0 Å². The maximum absolute atomic E-state index is 12.5. The lowest BCUT2D eigenvalue weighted by atomic mass is 10.1. The summed E-state index contributed by atoms with van der Waals surface area (Å²) in [6.45, 7) is -0.822. The van der Waals surface area contributed by atoms with Crippen LogP contribution in [-0.2, 0) is 19.1 Å². The number of methoxy groups -OCH3 is 2. The number of esters is 1. The Kier molecular flexibility index (Phi) is 8.43.